The molecule has 8 heteroatoms. The lowest BCUT2D eigenvalue weighted by atomic mass is 10.0. The highest BCUT2D eigenvalue weighted by atomic mass is 19.1. The zero-order valence-corrected chi connectivity index (χ0v) is 18.0. The number of benzene rings is 3. The zero-order valence-electron chi connectivity index (χ0n) is 18.0. The smallest absolute Gasteiger partial charge is 0.132 e. The van der Waals surface area contributed by atoms with Crippen LogP contribution >= 0.6 is 0 Å². The van der Waals surface area contributed by atoms with Crippen LogP contribution in [0.1, 0.15) is 16.7 Å². The largest absolute Gasteiger partial charge is 0.497 e. The number of aromatic amines is 1. The van der Waals surface area contributed by atoms with E-state index in [9.17, 15) is 8.78 Å². The molecule has 33 heavy (non-hydrogen) atoms. The number of methoxy groups -OCH3 is 2. The summed E-state index contributed by atoms with van der Waals surface area (Å²) in [5.41, 5.74) is 3.61. The van der Waals surface area contributed by atoms with Gasteiger partial charge in [-0.15, -0.1) is 0 Å². The van der Waals surface area contributed by atoms with Gasteiger partial charge in [-0.1, -0.05) is 24.3 Å². The first kappa shape index (κ1) is 22.0. The molecule has 1 N–H and O–H groups in total. The average molecular weight is 449 g/mol. The van der Waals surface area contributed by atoms with Crippen molar-refractivity contribution in [3.8, 4) is 28.5 Å². The Morgan fingerprint density at radius 3 is 2.27 bits per heavy atom. The van der Waals surface area contributed by atoms with Gasteiger partial charge in [0.15, 0.2) is 0 Å². The maximum absolute atomic E-state index is 13.3. The van der Waals surface area contributed by atoms with Crippen LogP contribution in [0.5, 0.6) is 17.2 Å². The SMILES string of the molecule is COc1cc(/C=C/c2ccc(OCc3cc(F)cc(F)c3)cc2)c(-c2cn[nH]n2)c(OC)c1. The third-order valence-corrected chi connectivity index (χ3v) is 4.90. The van der Waals surface area contributed by atoms with Gasteiger partial charge in [0.2, 0.25) is 0 Å². The molecule has 0 atom stereocenters. The monoisotopic (exact) mass is 449 g/mol. The van der Waals surface area contributed by atoms with Gasteiger partial charge < -0.3 is 14.2 Å². The average Bonchev–Trinajstić information content (AvgIpc) is 3.35. The van der Waals surface area contributed by atoms with Gasteiger partial charge in [-0.2, -0.15) is 15.4 Å². The summed E-state index contributed by atoms with van der Waals surface area (Å²) in [5.74, 6) is 0.585. The van der Waals surface area contributed by atoms with Crippen molar-refractivity contribution < 1.29 is 23.0 Å². The fourth-order valence-corrected chi connectivity index (χ4v) is 3.34. The molecule has 0 aliphatic heterocycles. The van der Waals surface area contributed by atoms with Crippen LogP contribution in [-0.4, -0.2) is 29.6 Å². The van der Waals surface area contributed by atoms with E-state index in [4.69, 9.17) is 14.2 Å². The van der Waals surface area contributed by atoms with E-state index in [2.05, 4.69) is 15.4 Å². The second-order valence-electron chi connectivity index (χ2n) is 7.12. The van der Waals surface area contributed by atoms with Crippen LogP contribution in [0.2, 0.25) is 0 Å². The maximum atomic E-state index is 13.3. The lowest BCUT2D eigenvalue weighted by molar-refractivity contribution is 0.305. The summed E-state index contributed by atoms with van der Waals surface area (Å²) >= 11 is 0. The summed E-state index contributed by atoms with van der Waals surface area (Å²) in [5, 5.41) is 10.7. The minimum Gasteiger partial charge on any atom is -0.497 e. The van der Waals surface area contributed by atoms with Gasteiger partial charge in [-0.05, 0) is 47.0 Å². The Morgan fingerprint density at radius 2 is 1.64 bits per heavy atom. The number of aromatic nitrogens is 3. The van der Waals surface area contributed by atoms with E-state index in [0.29, 0.717) is 28.5 Å². The van der Waals surface area contributed by atoms with Gasteiger partial charge in [0.25, 0.3) is 0 Å². The molecule has 0 aliphatic carbocycles. The van der Waals surface area contributed by atoms with Crippen molar-refractivity contribution >= 4 is 12.2 Å². The minimum atomic E-state index is -0.631. The predicted molar refractivity (Wildman–Crippen MR) is 121 cm³/mol. The van der Waals surface area contributed by atoms with E-state index in [-0.39, 0.29) is 6.61 Å². The summed E-state index contributed by atoms with van der Waals surface area (Å²) in [6.45, 7) is 0.0640. The van der Waals surface area contributed by atoms with E-state index in [1.807, 2.05) is 30.4 Å². The molecule has 4 aromatic rings. The number of hydrogen-bond donors (Lipinski definition) is 1. The summed E-state index contributed by atoms with van der Waals surface area (Å²) < 4.78 is 43.2. The third-order valence-electron chi connectivity index (χ3n) is 4.90. The quantitative estimate of drug-likeness (QED) is 0.359. The standard InChI is InChI=1S/C25H21F2N3O3/c1-31-22-11-18(25(24(13-22)32-2)23-14-28-30-29-23)6-3-16-4-7-21(8-5-16)33-15-17-9-19(26)12-20(27)10-17/h3-14H,15H2,1-2H3,(H,28,29,30)/b6-3+. The molecule has 0 aliphatic rings. The van der Waals surface area contributed by atoms with Crippen molar-refractivity contribution in [3.05, 3.63) is 89.1 Å². The van der Waals surface area contributed by atoms with Crippen molar-refractivity contribution in [2.24, 2.45) is 0 Å². The Hall–Kier alpha value is -4.20. The first-order chi connectivity index (χ1) is 16.1. The molecule has 0 saturated carbocycles. The Morgan fingerprint density at radius 1 is 0.879 bits per heavy atom. The summed E-state index contributed by atoms with van der Waals surface area (Å²) in [7, 11) is 3.18. The number of rotatable bonds is 8. The van der Waals surface area contributed by atoms with Gasteiger partial charge in [-0.25, -0.2) is 8.78 Å². The first-order valence-electron chi connectivity index (χ1n) is 10.0. The number of H-pyrrole nitrogens is 1. The molecule has 0 radical (unpaired) electrons. The molecule has 0 amide bonds. The number of nitrogens with one attached hydrogen (secondary N) is 1. The predicted octanol–water partition coefficient (Wildman–Crippen LogP) is 5.52. The number of ether oxygens (including phenoxy) is 3. The Bertz CT molecular complexity index is 1240. The Labute approximate surface area is 189 Å². The van der Waals surface area contributed by atoms with E-state index in [0.717, 1.165) is 22.8 Å². The fraction of sp³-hybridized carbons (Fsp3) is 0.120. The van der Waals surface area contributed by atoms with E-state index >= 15 is 0 Å². The van der Waals surface area contributed by atoms with E-state index < -0.39 is 11.6 Å². The highest BCUT2D eigenvalue weighted by molar-refractivity contribution is 5.84. The molecular weight excluding hydrogens is 428 g/mol. The summed E-state index contributed by atoms with van der Waals surface area (Å²) in [6.07, 6.45) is 5.49. The van der Waals surface area contributed by atoms with Crippen LogP contribution in [0.3, 0.4) is 0 Å². The summed E-state index contributed by atoms with van der Waals surface area (Å²) in [6, 6.07) is 14.3. The first-order valence-corrected chi connectivity index (χ1v) is 10.0. The van der Waals surface area contributed by atoms with E-state index in [1.165, 1.54) is 12.1 Å². The Kier molecular flexibility index (Phi) is 6.64. The van der Waals surface area contributed by atoms with Crippen LogP contribution in [0.15, 0.2) is 60.8 Å². The number of halogens is 2. The van der Waals surface area contributed by atoms with Gasteiger partial charge in [0.1, 0.15) is 41.2 Å². The minimum absolute atomic E-state index is 0.0640. The van der Waals surface area contributed by atoms with Crippen molar-refractivity contribution in [1.82, 2.24) is 15.4 Å². The second kappa shape index (κ2) is 9.95. The van der Waals surface area contributed by atoms with Gasteiger partial charge in [0, 0.05) is 12.1 Å². The van der Waals surface area contributed by atoms with Crippen LogP contribution in [0.4, 0.5) is 8.78 Å². The Balaban J connectivity index is 1.53. The van der Waals surface area contributed by atoms with Gasteiger partial charge >= 0.3 is 0 Å². The fourth-order valence-electron chi connectivity index (χ4n) is 3.34. The number of hydrogen-bond acceptors (Lipinski definition) is 5. The molecule has 4 rings (SSSR count). The summed E-state index contributed by atoms with van der Waals surface area (Å²) in [4.78, 5) is 0. The molecule has 0 fully saturated rings. The molecule has 0 saturated heterocycles. The van der Waals surface area contributed by atoms with Crippen molar-refractivity contribution in [2.45, 2.75) is 6.61 Å². The van der Waals surface area contributed by atoms with E-state index in [1.54, 1.807) is 38.6 Å². The molecule has 0 bridgehead atoms. The van der Waals surface area contributed by atoms with Gasteiger partial charge in [0.05, 0.1) is 26.0 Å². The van der Waals surface area contributed by atoms with Gasteiger partial charge in [-0.3, -0.25) is 0 Å². The maximum Gasteiger partial charge on any atom is 0.132 e. The van der Waals surface area contributed by atoms with Crippen LogP contribution in [0, 0.1) is 11.6 Å². The molecule has 3 aromatic carbocycles. The van der Waals surface area contributed by atoms with Crippen LogP contribution in [-0.2, 0) is 6.61 Å². The zero-order chi connectivity index (χ0) is 23.2. The third kappa shape index (κ3) is 5.35. The highest BCUT2D eigenvalue weighted by Crippen LogP contribution is 2.37. The molecule has 0 unspecified atom stereocenters. The normalized spacial score (nSPS) is 11.0. The number of nitrogens with zero attached hydrogens (tertiary/aromatic N) is 2. The molecule has 168 valence electrons. The van der Waals surface area contributed by atoms with Crippen molar-refractivity contribution in [1.29, 1.82) is 0 Å². The molecular formula is C25H21F2N3O3. The molecule has 1 heterocycles. The molecule has 0 spiro atoms. The van der Waals surface area contributed by atoms with Crippen LogP contribution < -0.4 is 14.2 Å². The lowest BCUT2D eigenvalue weighted by Gasteiger charge is -2.12. The molecule has 1 aromatic heterocycles. The van der Waals surface area contributed by atoms with Crippen molar-refractivity contribution in [2.75, 3.05) is 14.2 Å². The van der Waals surface area contributed by atoms with Crippen LogP contribution in [0.25, 0.3) is 23.4 Å². The molecule has 6 nitrogen and oxygen atoms in total. The second-order valence-corrected chi connectivity index (χ2v) is 7.12. The topological polar surface area (TPSA) is 69.3 Å². The highest BCUT2D eigenvalue weighted by Gasteiger charge is 2.15. The lowest BCUT2D eigenvalue weighted by Crippen LogP contribution is -1.97. The van der Waals surface area contributed by atoms with Crippen molar-refractivity contribution in [3.63, 3.8) is 0 Å².